The Morgan fingerprint density at radius 2 is 2.04 bits per heavy atom. The Bertz CT molecular complexity index is 937. The number of hydrogen-bond acceptors (Lipinski definition) is 6. The van der Waals surface area contributed by atoms with E-state index in [4.69, 9.17) is 4.74 Å². The van der Waals surface area contributed by atoms with Gasteiger partial charge >= 0.3 is 0 Å². The zero-order chi connectivity index (χ0) is 18.7. The summed E-state index contributed by atoms with van der Waals surface area (Å²) in [4.78, 5) is 7.20. The van der Waals surface area contributed by atoms with Crippen LogP contribution in [0, 0.1) is 0 Å². The average Bonchev–Trinajstić information content (AvgIpc) is 3.36. The second kappa shape index (κ2) is 9.26. The number of halogens is 1. The number of amidine groups is 1. The third kappa shape index (κ3) is 4.86. The molecule has 1 saturated heterocycles. The molecule has 0 bridgehead atoms. The molecule has 152 valence electrons. The summed E-state index contributed by atoms with van der Waals surface area (Å²) in [5.74, 6) is 1.32. The summed E-state index contributed by atoms with van der Waals surface area (Å²) in [7, 11) is -3.42. The van der Waals surface area contributed by atoms with Crippen molar-refractivity contribution in [2.45, 2.75) is 30.7 Å². The van der Waals surface area contributed by atoms with Crippen LogP contribution >= 0.6 is 23.7 Å². The molecule has 1 fully saturated rings. The minimum absolute atomic E-state index is 0. The quantitative estimate of drug-likeness (QED) is 0.669. The van der Waals surface area contributed by atoms with Crippen molar-refractivity contribution in [3.63, 3.8) is 0 Å². The second-order valence-corrected chi connectivity index (χ2v) is 9.21. The van der Waals surface area contributed by atoms with Crippen molar-refractivity contribution in [2.24, 2.45) is 4.99 Å². The number of aliphatic imine (C=N–C) groups is 1. The first-order valence-electron chi connectivity index (χ1n) is 9.20. The second-order valence-electron chi connectivity index (χ2n) is 6.82. The molecule has 2 aliphatic rings. The standard InChI is InChI=1S/C19H23N3O3S2.ClH/c23-27(24)18-14-26-13-17(18)19(21-27)20-7-4-10-25-16-6-3-5-15(11-16)12-22-8-1-2-9-22;/h3,5-6,11,13-14H,1-2,4,7-10,12H2,(H,20,21);1H. The predicted octanol–water partition coefficient (Wildman–Crippen LogP) is 3.27. The van der Waals surface area contributed by atoms with Crippen molar-refractivity contribution in [1.29, 1.82) is 0 Å². The van der Waals surface area contributed by atoms with Gasteiger partial charge < -0.3 is 4.74 Å². The van der Waals surface area contributed by atoms with Crippen LogP contribution in [0.25, 0.3) is 0 Å². The summed E-state index contributed by atoms with van der Waals surface area (Å²) < 4.78 is 32.2. The summed E-state index contributed by atoms with van der Waals surface area (Å²) in [6.07, 6.45) is 3.31. The lowest BCUT2D eigenvalue weighted by molar-refractivity contribution is 0.309. The lowest BCUT2D eigenvalue weighted by Gasteiger charge is -2.15. The van der Waals surface area contributed by atoms with Crippen LogP contribution in [0.5, 0.6) is 5.75 Å². The highest BCUT2D eigenvalue weighted by atomic mass is 35.5. The van der Waals surface area contributed by atoms with Crippen molar-refractivity contribution < 1.29 is 13.2 Å². The molecule has 0 saturated carbocycles. The molecule has 0 aliphatic carbocycles. The fourth-order valence-electron chi connectivity index (χ4n) is 3.40. The van der Waals surface area contributed by atoms with Gasteiger partial charge in [0, 0.05) is 35.8 Å². The number of nitrogens with one attached hydrogen (secondary N) is 1. The molecule has 1 aromatic heterocycles. The largest absolute Gasteiger partial charge is 0.494 e. The Morgan fingerprint density at radius 1 is 1.21 bits per heavy atom. The Hall–Kier alpha value is -1.61. The van der Waals surface area contributed by atoms with Gasteiger partial charge in [0.05, 0.1) is 6.61 Å². The van der Waals surface area contributed by atoms with E-state index in [-0.39, 0.29) is 12.4 Å². The fourth-order valence-corrected chi connectivity index (χ4v) is 5.82. The molecule has 9 heteroatoms. The summed E-state index contributed by atoms with van der Waals surface area (Å²) >= 11 is 1.37. The Balaban J connectivity index is 0.00000225. The van der Waals surface area contributed by atoms with Gasteiger partial charge in [-0.25, -0.2) is 8.42 Å². The SMILES string of the molecule is Cl.O=S1(=O)NC(=NCCCOc2cccc(CN3CCCC3)c2)c2cscc21. The van der Waals surface area contributed by atoms with Gasteiger partial charge in [-0.15, -0.1) is 12.4 Å². The smallest absolute Gasteiger partial charge is 0.264 e. The van der Waals surface area contributed by atoms with Crippen molar-refractivity contribution in [3.8, 4) is 5.75 Å². The van der Waals surface area contributed by atoms with E-state index in [1.807, 2.05) is 17.5 Å². The molecule has 6 nitrogen and oxygen atoms in total. The highest BCUT2D eigenvalue weighted by molar-refractivity contribution is 7.90. The summed E-state index contributed by atoms with van der Waals surface area (Å²) in [6, 6.07) is 8.25. The molecule has 28 heavy (non-hydrogen) atoms. The van der Waals surface area contributed by atoms with Gasteiger partial charge in [-0.2, -0.15) is 11.3 Å². The minimum atomic E-state index is -3.42. The van der Waals surface area contributed by atoms with Gasteiger partial charge in [0.15, 0.2) is 0 Å². The monoisotopic (exact) mass is 441 g/mol. The van der Waals surface area contributed by atoms with Gasteiger partial charge in [0.2, 0.25) is 0 Å². The van der Waals surface area contributed by atoms with E-state index in [2.05, 4.69) is 26.7 Å². The van der Waals surface area contributed by atoms with Crippen LogP contribution < -0.4 is 9.46 Å². The maximum absolute atomic E-state index is 11.9. The highest BCUT2D eigenvalue weighted by Crippen LogP contribution is 2.26. The van der Waals surface area contributed by atoms with Crippen molar-refractivity contribution in [1.82, 2.24) is 9.62 Å². The number of rotatable bonds is 7. The predicted molar refractivity (Wildman–Crippen MR) is 114 cm³/mol. The van der Waals surface area contributed by atoms with E-state index < -0.39 is 10.0 Å². The molecular formula is C19H24ClN3O3S2. The van der Waals surface area contributed by atoms with Crippen LogP contribution in [0.1, 0.15) is 30.4 Å². The van der Waals surface area contributed by atoms with Gasteiger partial charge in [0.1, 0.15) is 16.5 Å². The van der Waals surface area contributed by atoms with E-state index in [1.165, 1.54) is 42.8 Å². The number of ether oxygens (including phenoxy) is 1. The molecule has 0 spiro atoms. The number of thiophene rings is 1. The first-order valence-corrected chi connectivity index (χ1v) is 11.6. The van der Waals surface area contributed by atoms with Crippen LogP contribution in [0.3, 0.4) is 0 Å². The highest BCUT2D eigenvalue weighted by Gasteiger charge is 2.31. The van der Waals surface area contributed by atoms with E-state index >= 15 is 0 Å². The van der Waals surface area contributed by atoms with Gasteiger partial charge in [-0.3, -0.25) is 14.6 Å². The van der Waals surface area contributed by atoms with E-state index in [9.17, 15) is 8.42 Å². The number of fused-ring (bicyclic) bond motifs is 1. The molecular weight excluding hydrogens is 418 g/mol. The Kier molecular flexibility index (Phi) is 6.98. The van der Waals surface area contributed by atoms with Crippen molar-refractivity contribution in [3.05, 3.63) is 46.2 Å². The van der Waals surface area contributed by atoms with Crippen LogP contribution in [0.15, 0.2) is 44.9 Å². The van der Waals surface area contributed by atoms with E-state index in [0.29, 0.717) is 29.4 Å². The van der Waals surface area contributed by atoms with Crippen LogP contribution in [-0.2, 0) is 16.6 Å². The number of nitrogens with zero attached hydrogens (tertiary/aromatic N) is 2. The molecule has 4 rings (SSSR count). The molecule has 1 N–H and O–H groups in total. The van der Waals surface area contributed by atoms with Crippen LogP contribution in [0.2, 0.25) is 0 Å². The number of benzene rings is 1. The molecule has 1 aromatic carbocycles. The molecule has 3 heterocycles. The Labute approximate surface area is 176 Å². The Morgan fingerprint density at radius 3 is 2.86 bits per heavy atom. The van der Waals surface area contributed by atoms with Crippen molar-refractivity contribution in [2.75, 3.05) is 26.2 Å². The lowest BCUT2D eigenvalue weighted by atomic mass is 10.2. The lowest BCUT2D eigenvalue weighted by Crippen LogP contribution is -2.22. The molecule has 2 aliphatic heterocycles. The number of hydrogen-bond donors (Lipinski definition) is 1. The van der Waals surface area contributed by atoms with Gasteiger partial charge in [0.25, 0.3) is 10.0 Å². The van der Waals surface area contributed by atoms with E-state index in [0.717, 1.165) is 18.7 Å². The normalized spacial score (nSPS) is 19.2. The van der Waals surface area contributed by atoms with Crippen LogP contribution in [-0.4, -0.2) is 45.4 Å². The zero-order valence-corrected chi connectivity index (χ0v) is 17.9. The minimum Gasteiger partial charge on any atom is -0.494 e. The van der Waals surface area contributed by atoms with E-state index in [1.54, 1.807) is 5.38 Å². The van der Waals surface area contributed by atoms with Gasteiger partial charge in [-0.1, -0.05) is 12.1 Å². The first kappa shape index (κ1) is 21.1. The number of sulfonamides is 1. The van der Waals surface area contributed by atoms with Crippen LogP contribution in [0.4, 0.5) is 0 Å². The third-order valence-corrected chi connectivity index (χ3v) is 7.02. The molecule has 0 atom stereocenters. The average molecular weight is 442 g/mol. The molecule has 0 unspecified atom stereocenters. The fraction of sp³-hybridized carbons (Fsp3) is 0.421. The topological polar surface area (TPSA) is 71.0 Å². The van der Waals surface area contributed by atoms with Crippen molar-refractivity contribution >= 4 is 39.6 Å². The maximum atomic E-state index is 11.9. The third-order valence-electron chi connectivity index (χ3n) is 4.75. The summed E-state index contributed by atoms with van der Waals surface area (Å²) in [5.41, 5.74) is 1.95. The first-order chi connectivity index (χ1) is 13.1. The maximum Gasteiger partial charge on any atom is 0.264 e. The summed E-state index contributed by atoms with van der Waals surface area (Å²) in [5, 5.41) is 3.45. The zero-order valence-electron chi connectivity index (χ0n) is 15.5. The van der Waals surface area contributed by atoms with Gasteiger partial charge in [-0.05, 0) is 43.6 Å². The molecule has 0 radical (unpaired) electrons. The number of likely N-dealkylation sites (tertiary alicyclic amines) is 1. The molecule has 2 aromatic rings. The summed E-state index contributed by atoms with van der Waals surface area (Å²) in [6.45, 7) is 4.41. The molecule has 0 amide bonds.